The average Bonchev–Trinajstić information content (AvgIpc) is 2.16. The summed E-state index contributed by atoms with van der Waals surface area (Å²) in [5, 5.41) is 0. The quantitative estimate of drug-likeness (QED) is 0.651. The van der Waals surface area contributed by atoms with Crippen LogP contribution >= 0.6 is 0 Å². The molecule has 0 aliphatic carbocycles. The lowest BCUT2D eigenvalue weighted by atomic mass is 9.89. The summed E-state index contributed by atoms with van der Waals surface area (Å²) in [5.74, 6) is 0.705. The smallest absolute Gasteiger partial charge is 0.0188 e. The molecule has 1 rings (SSSR count). The highest BCUT2D eigenvalue weighted by atomic mass is 14.1. The van der Waals surface area contributed by atoms with Gasteiger partial charge in [0.05, 0.1) is 0 Å². The molecule has 0 heteroatoms. The fourth-order valence-electron chi connectivity index (χ4n) is 1.96. The van der Waals surface area contributed by atoms with Crippen molar-refractivity contribution in [3.8, 4) is 0 Å². The third-order valence-electron chi connectivity index (χ3n) is 2.90. The summed E-state index contributed by atoms with van der Waals surface area (Å²) in [6, 6.07) is 6.65. The molecule has 0 aromatic heterocycles. The lowest BCUT2D eigenvalue weighted by Crippen LogP contribution is -2.00. The number of benzene rings is 1. The van der Waals surface area contributed by atoms with Gasteiger partial charge in [-0.25, -0.2) is 0 Å². The van der Waals surface area contributed by atoms with Crippen LogP contribution in [-0.2, 0) is 6.42 Å². The Labute approximate surface area is 82.0 Å². The highest BCUT2D eigenvalue weighted by Gasteiger charge is 2.09. The van der Waals surface area contributed by atoms with Crippen LogP contribution in [0.4, 0.5) is 0 Å². The van der Waals surface area contributed by atoms with Crippen LogP contribution in [0.15, 0.2) is 18.2 Å². The molecule has 0 radical (unpaired) electrons. The molecule has 1 unspecified atom stereocenters. The third kappa shape index (κ3) is 2.12. The maximum absolute atomic E-state index is 2.32. The van der Waals surface area contributed by atoms with Gasteiger partial charge in [0, 0.05) is 0 Å². The minimum atomic E-state index is 0.705. The van der Waals surface area contributed by atoms with Crippen LogP contribution in [0.25, 0.3) is 0 Å². The Morgan fingerprint density at radius 2 is 1.92 bits per heavy atom. The molecule has 1 aromatic rings. The molecule has 13 heavy (non-hydrogen) atoms. The zero-order valence-electron chi connectivity index (χ0n) is 9.22. The highest BCUT2D eigenvalue weighted by Crippen LogP contribution is 2.26. The fourth-order valence-corrected chi connectivity index (χ4v) is 1.96. The maximum atomic E-state index is 2.32. The van der Waals surface area contributed by atoms with Crippen LogP contribution in [0.1, 0.15) is 49.8 Å². The van der Waals surface area contributed by atoms with Gasteiger partial charge in [-0.2, -0.15) is 0 Å². The summed E-state index contributed by atoms with van der Waals surface area (Å²) in [4.78, 5) is 0. The molecule has 0 saturated heterocycles. The summed E-state index contributed by atoms with van der Waals surface area (Å²) >= 11 is 0. The van der Waals surface area contributed by atoms with Crippen molar-refractivity contribution in [1.29, 1.82) is 0 Å². The summed E-state index contributed by atoms with van der Waals surface area (Å²) in [5.41, 5.74) is 4.55. The average molecular weight is 176 g/mol. The molecule has 72 valence electrons. The lowest BCUT2D eigenvalue weighted by molar-refractivity contribution is 0.718. The van der Waals surface area contributed by atoms with Gasteiger partial charge in [0.1, 0.15) is 0 Å². The Morgan fingerprint density at radius 3 is 2.46 bits per heavy atom. The van der Waals surface area contributed by atoms with Crippen molar-refractivity contribution in [3.63, 3.8) is 0 Å². The second kappa shape index (κ2) is 4.45. The van der Waals surface area contributed by atoms with Crippen LogP contribution in [0.2, 0.25) is 0 Å². The summed E-state index contributed by atoms with van der Waals surface area (Å²) in [7, 11) is 0. The zero-order chi connectivity index (χ0) is 9.84. The van der Waals surface area contributed by atoms with Crippen LogP contribution in [0, 0.1) is 6.92 Å². The number of rotatable bonds is 3. The van der Waals surface area contributed by atoms with E-state index in [4.69, 9.17) is 0 Å². The van der Waals surface area contributed by atoms with E-state index in [0.29, 0.717) is 5.92 Å². The van der Waals surface area contributed by atoms with Crippen molar-refractivity contribution in [3.05, 3.63) is 34.9 Å². The lowest BCUT2D eigenvalue weighted by Gasteiger charge is -2.16. The zero-order valence-corrected chi connectivity index (χ0v) is 9.22. The maximum Gasteiger partial charge on any atom is -0.0188 e. The van der Waals surface area contributed by atoms with Gasteiger partial charge in [0.2, 0.25) is 0 Å². The van der Waals surface area contributed by atoms with E-state index in [2.05, 4.69) is 45.9 Å². The van der Waals surface area contributed by atoms with E-state index in [0.717, 1.165) is 6.42 Å². The molecule has 0 fully saturated rings. The first kappa shape index (κ1) is 10.3. The SMILES string of the molecule is CCc1cccc(C)c1C(C)CC. The van der Waals surface area contributed by atoms with Crippen LogP contribution in [-0.4, -0.2) is 0 Å². The molecular weight excluding hydrogens is 156 g/mol. The minimum absolute atomic E-state index is 0.705. The molecular formula is C13H20. The minimum Gasteiger partial charge on any atom is -0.0648 e. The predicted octanol–water partition coefficient (Wildman–Crippen LogP) is 4.07. The molecule has 0 spiro atoms. The Kier molecular flexibility index (Phi) is 3.53. The van der Waals surface area contributed by atoms with E-state index >= 15 is 0 Å². The van der Waals surface area contributed by atoms with Gasteiger partial charge >= 0.3 is 0 Å². The first-order chi connectivity index (χ1) is 6.20. The van der Waals surface area contributed by atoms with E-state index in [1.165, 1.54) is 17.5 Å². The van der Waals surface area contributed by atoms with Crippen molar-refractivity contribution >= 4 is 0 Å². The van der Waals surface area contributed by atoms with E-state index in [1.807, 2.05) is 0 Å². The van der Waals surface area contributed by atoms with E-state index in [9.17, 15) is 0 Å². The van der Waals surface area contributed by atoms with Crippen LogP contribution in [0.3, 0.4) is 0 Å². The Balaban J connectivity index is 3.14. The van der Waals surface area contributed by atoms with Crippen molar-refractivity contribution in [1.82, 2.24) is 0 Å². The molecule has 1 atom stereocenters. The predicted molar refractivity (Wildman–Crippen MR) is 59.3 cm³/mol. The first-order valence-corrected chi connectivity index (χ1v) is 5.29. The molecule has 0 N–H and O–H groups in total. The normalized spacial score (nSPS) is 12.9. The molecule has 0 bridgehead atoms. The molecule has 0 saturated carbocycles. The second-order valence-electron chi connectivity index (χ2n) is 3.81. The van der Waals surface area contributed by atoms with Crippen LogP contribution in [0.5, 0.6) is 0 Å². The standard InChI is InChI=1S/C13H20/c1-5-10(3)13-11(4)8-7-9-12(13)6-2/h7-10H,5-6H2,1-4H3. The largest absolute Gasteiger partial charge is 0.0648 e. The third-order valence-corrected chi connectivity index (χ3v) is 2.90. The van der Waals surface area contributed by atoms with Crippen molar-refractivity contribution in [2.75, 3.05) is 0 Å². The summed E-state index contributed by atoms with van der Waals surface area (Å²) < 4.78 is 0. The van der Waals surface area contributed by atoms with Gasteiger partial charge in [-0.3, -0.25) is 0 Å². The van der Waals surface area contributed by atoms with Gasteiger partial charge in [-0.05, 0) is 42.4 Å². The van der Waals surface area contributed by atoms with Gasteiger partial charge in [-0.15, -0.1) is 0 Å². The second-order valence-corrected chi connectivity index (χ2v) is 3.81. The van der Waals surface area contributed by atoms with Gasteiger partial charge in [0.25, 0.3) is 0 Å². The van der Waals surface area contributed by atoms with E-state index in [-0.39, 0.29) is 0 Å². The molecule has 0 heterocycles. The van der Waals surface area contributed by atoms with Gasteiger partial charge in [-0.1, -0.05) is 39.0 Å². The topological polar surface area (TPSA) is 0 Å². The van der Waals surface area contributed by atoms with Crippen LogP contribution < -0.4 is 0 Å². The van der Waals surface area contributed by atoms with Gasteiger partial charge < -0.3 is 0 Å². The molecule has 0 nitrogen and oxygen atoms in total. The fraction of sp³-hybridized carbons (Fsp3) is 0.538. The summed E-state index contributed by atoms with van der Waals surface area (Å²) in [6.45, 7) is 9.04. The van der Waals surface area contributed by atoms with Crippen molar-refractivity contribution in [2.45, 2.75) is 46.5 Å². The molecule has 1 aromatic carbocycles. The highest BCUT2D eigenvalue weighted by molar-refractivity contribution is 5.36. The van der Waals surface area contributed by atoms with Crippen molar-refractivity contribution < 1.29 is 0 Å². The molecule has 0 aliphatic rings. The number of aryl methyl sites for hydroxylation is 2. The Hall–Kier alpha value is -0.780. The number of hydrogen-bond acceptors (Lipinski definition) is 0. The summed E-state index contributed by atoms with van der Waals surface area (Å²) in [6.07, 6.45) is 2.39. The monoisotopic (exact) mass is 176 g/mol. The Morgan fingerprint density at radius 1 is 1.23 bits per heavy atom. The van der Waals surface area contributed by atoms with Gasteiger partial charge in [0.15, 0.2) is 0 Å². The molecule has 0 aliphatic heterocycles. The van der Waals surface area contributed by atoms with E-state index in [1.54, 1.807) is 5.56 Å². The first-order valence-electron chi connectivity index (χ1n) is 5.29. The molecule has 0 amide bonds. The van der Waals surface area contributed by atoms with E-state index < -0.39 is 0 Å². The Bertz CT molecular complexity index is 273. The van der Waals surface area contributed by atoms with Crippen molar-refractivity contribution in [2.24, 2.45) is 0 Å². The number of hydrogen-bond donors (Lipinski definition) is 0.